The summed E-state index contributed by atoms with van der Waals surface area (Å²) in [5.74, 6) is 0.651. The van der Waals surface area contributed by atoms with E-state index in [1.807, 2.05) is 24.1 Å². The average molecular weight is 550 g/mol. The van der Waals surface area contributed by atoms with Gasteiger partial charge in [-0.3, -0.25) is 4.98 Å². The van der Waals surface area contributed by atoms with Crippen molar-refractivity contribution in [1.82, 2.24) is 19.6 Å². The van der Waals surface area contributed by atoms with E-state index in [9.17, 15) is 13.2 Å². The van der Waals surface area contributed by atoms with Gasteiger partial charge in [0.15, 0.2) is 0 Å². The number of sulfonamides is 1. The Bertz CT molecular complexity index is 1570. The predicted molar refractivity (Wildman–Crippen MR) is 145 cm³/mol. The van der Waals surface area contributed by atoms with Crippen molar-refractivity contribution in [1.29, 1.82) is 5.26 Å². The number of likely N-dealkylation sites (N-methyl/N-ethyl adjacent to an activating group) is 1. The summed E-state index contributed by atoms with van der Waals surface area (Å²) < 4.78 is 28.6. The van der Waals surface area contributed by atoms with Crippen LogP contribution in [0.5, 0.6) is 0 Å². The molecule has 0 bridgehead atoms. The number of nitrogens with zero attached hydrogens (tertiary/aromatic N) is 5. The standard InChI is InChI=1S/C26H27N7O3S2/c1-32-8-7-22-18(15-32)9-24(37-22)38(35,36)31-26(34)30-25-19-4-2-3-17(19)5-6-20(25)21-11-28-12-23(29-21)33-13-16(10-27)14-33/h5-6,9,11-12,16H,2-4,7-8,13-15H2,1H3,(H2,30,31,34). The molecule has 2 amide bonds. The highest BCUT2D eigenvalue weighted by atomic mass is 32.2. The van der Waals surface area contributed by atoms with Crippen molar-refractivity contribution in [2.75, 3.05) is 36.9 Å². The lowest BCUT2D eigenvalue weighted by molar-refractivity contribution is 0.256. The quantitative estimate of drug-likeness (QED) is 0.496. The molecule has 3 aromatic rings. The fourth-order valence-corrected chi connectivity index (χ4v) is 7.75. The van der Waals surface area contributed by atoms with Crippen LogP contribution in [0.1, 0.15) is 28.0 Å². The third-order valence-electron chi connectivity index (χ3n) is 7.33. The van der Waals surface area contributed by atoms with Crippen LogP contribution in [0.4, 0.5) is 16.3 Å². The minimum atomic E-state index is -4.03. The number of aryl methyl sites for hydroxylation is 1. The van der Waals surface area contributed by atoms with Crippen LogP contribution in [-0.4, -0.2) is 56.0 Å². The van der Waals surface area contributed by atoms with Gasteiger partial charge in [0, 0.05) is 36.6 Å². The van der Waals surface area contributed by atoms with E-state index in [1.54, 1.807) is 18.5 Å². The van der Waals surface area contributed by atoms with Crippen LogP contribution in [0.15, 0.2) is 34.8 Å². The van der Waals surface area contributed by atoms with Crippen molar-refractivity contribution in [2.45, 2.75) is 36.4 Å². The Labute approximate surface area is 225 Å². The molecule has 6 rings (SSSR count). The summed E-state index contributed by atoms with van der Waals surface area (Å²) in [6, 6.07) is 7.06. The summed E-state index contributed by atoms with van der Waals surface area (Å²) in [5, 5.41) is 11.9. The monoisotopic (exact) mass is 549 g/mol. The molecule has 12 heteroatoms. The van der Waals surface area contributed by atoms with Gasteiger partial charge in [-0.15, -0.1) is 11.3 Å². The largest absolute Gasteiger partial charge is 0.353 e. The third-order valence-corrected chi connectivity index (χ3v) is 10.4. The lowest BCUT2D eigenvalue weighted by Crippen LogP contribution is -2.46. The molecule has 4 heterocycles. The Morgan fingerprint density at radius 3 is 2.84 bits per heavy atom. The van der Waals surface area contributed by atoms with Crippen LogP contribution in [0.25, 0.3) is 11.3 Å². The van der Waals surface area contributed by atoms with Crippen molar-refractivity contribution in [3.63, 3.8) is 0 Å². The maximum atomic E-state index is 13.1. The molecule has 0 radical (unpaired) electrons. The molecular weight excluding hydrogens is 522 g/mol. The second-order valence-corrected chi connectivity index (χ2v) is 13.1. The molecule has 0 spiro atoms. The van der Waals surface area contributed by atoms with Crippen LogP contribution in [0.3, 0.4) is 0 Å². The zero-order chi connectivity index (χ0) is 26.4. The number of carbonyl (C=O) groups is 1. The Balaban J connectivity index is 1.27. The first kappa shape index (κ1) is 24.8. The molecule has 10 nitrogen and oxygen atoms in total. The highest BCUT2D eigenvalue weighted by molar-refractivity contribution is 7.92. The van der Waals surface area contributed by atoms with Crippen LogP contribution in [0, 0.1) is 17.2 Å². The minimum Gasteiger partial charge on any atom is -0.353 e. The average Bonchev–Trinajstić information content (AvgIpc) is 3.51. The maximum absolute atomic E-state index is 13.1. The summed E-state index contributed by atoms with van der Waals surface area (Å²) >= 11 is 1.23. The number of carbonyl (C=O) groups excluding carboxylic acids is 1. The van der Waals surface area contributed by atoms with Gasteiger partial charge in [0.1, 0.15) is 10.0 Å². The molecule has 0 atom stereocenters. The molecule has 196 valence electrons. The number of hydrogen-bond acceptors (Lipinski definition) is 9. The Hall–Kier alpha value is -3.53. The van der Waals surface area contributed by atoms with Crippen LogP contribution in [0.2, 0.25) is 0 Å². The van der Waals surface area contributed by atoms with E-state index >= 15 is 0 Å². The van der Waals surface area contributed by atoms with E-state index < -0.39 is 16.1 Å². The molecule has 3 aliphatic rings. The Kier molecular flexibility index (Phi) is 6.29. The van der Waals surface area contributed by atoms with Crippen molar-refractivity contribution in [2.24, 2.45) is 5.92 Å². The van der Waals surface area contributed by atoms with Crippen LogP contribution >= 0.6 is 11.3 Å². The normalized spacial score (nSPS) is 17.3. The first-order valence-corrected chi connectivity index (χ1v) is 14.9. The molecule has 38 heavy (non-hydrogen) atoms. The number of nitriles is 1. The summed E-state index contributed by atoms with van der Waals surface area (Å²) in [5.41, 5.74) is 4.93. The zero-order valence-electron chi connectivity index (χ0n) is 20.9. The number of fused-ring (bicyclic) bond motifs is 2. The van der Waals surface area contributed by atoms with E-state index in [0.717, 1.165) is 53.8 Å². The zero-order valence-corrected chi connectivity index (χ0v) is 22.5. The van der Waals surface area contributed by atoms with Crippen molar-refractivity contribution >= 4 is 38.9 Å². The van der Waals surface area contributed by atoms with Gasteiger partial charge in [0.2, 0.25) is 0 Å². The second kappa shape index (κ2) is 9.65. The fraction of sp³-hybridized carbons (Fsp3) is 0.385. The van der Waals surface area contributed by atoms with E-state index in [0.29, 0.717) is 42.4 Å². The number of nitrogens with one attached hydrogen (secondary N) is 2. The number of benzene rings is 1. The fourth-order valence-electron chi connectivity index (χ4n) is 5.30. The number of urea groups is 1. The van der Waals surface area contributed by atoms with Crippen LogP contribution < -0.4 is 14.9 Å². The lowest BCUT2D eigenvalue weighted by Gasteiger charge is -2.36. The Morgan fingerprint density at radius 2 is 2.03 bits per heavy atom. The van der Waals surface area contributed by atoms with Gasteiger partial charge in [-0.1, -0.05) is 12.1 Å². The lowest BCUT2D eigenvalue weighted by atomic mass is 10.0. The molecular formula is C26H27N7O3S2. The molecule has 2 aromatic heterocycles. The van der Waals surface area contributed by atoms with Gasteiger partial charge < -0.3 is 15.1 Å². The smallest absolute Gasteiger partial charge is 0.333 e. The van der Waals surface area contributed by atoms with Gasteiger partial charge in [-0.05, 0) is 55.5 Å². The molecule has 1 fully saturated rings. The second-order valence-electron chi connectivity index (χ2n) is 10.0. The summed E-state index contributed by atoms with van der Waals surface area (Å²) in [4.78, 5) is 27.4. The number of hydrogen-bond donors (Lipinski definition) is 2. The topological polar surface area (TPSA) is 131 Å². The number of anilines is 2. The summed E-state index contributed by atoms with van der Waals surface area (Å²) in [6.07, 6.45) is 6.72. The van der Waals surface area contributed by atoms with Crippen molar-refractivity contribution in [3.05, 3.63) is 52.2 Å². The number of thiophene rings is 1. The van der Waals surface area contributed by atoms with Gasteiger partial charge >= 0.3 is 6.03 Å². The first-order valence-electron chi connectivity index (χ1n) is 12.6. The maximum Gasteiger partial charge on any atom is 0.333 e. The van der Waals surface area contributed by atoms with E-state index in [-0.39, 0.29) is 10.1 Å². The number of aromatic nitrogens is 2. The molecule has 1 aliphatic carbocycles. The molecule has 1 aromatic carbocycles. The van der Waals surface area contributed by atoms with Gasteiger partial charge in [-0.2, -0.15) is 5.26 Å². The number of amides is 2. The van der Waals surface area contributed by atoms with E-state index in [2.05, 4.69) is 26.0 Å². The predicted octanol–water partition coefficient (Wildman–Crippen LogP) is 3.15. The van der Waals surface area contributed by atoms with Gasteiger partial charge in [-0.25, -0.2) is 22.9 Å². The summed E-state index contributed by atoms with van der Waals surface area (Å²) in [6.45, 7) is 2.78. The SMILES string of the molecule is CN1CCc2sc(S(=O)(=O)NC(=O)Nc3c(-c4cncc(N5CC(C#N)C5)n4)ccc4c3CCC4)cc2C1. The molecule has 1 saturated heterocycles. The highest BCUT2D eigenvalue weighted by Gasteiger charge is 2.29. The summed E-state index contributed by atoms with van der Waals surface area (Å²) in [7, 11) is -2.02. The first-order chi connectivity index (χ1) is 18.3. The van der Waals surface area contributed by atoms with Gasteiger partial charge in [0.25, 0.3) is 10.0 Å². The van der Waals surface area contributed by atoms with Gasteiger partial charge in [0.05, 0.1) is 35.8 Å². The van der Waals surface area contributed by atoms with Crippen molar-refractivity contribution in [3.8, 4) is 17.3 Å². The Morgan fingerprint density at radius 1 is 1.18 bits per heavy atom. The molecule has 0 unspecified atom stereocenters. The molecule has 0 saturated carbocycles. The minimum absolute atomic E-state index is 0.0156. The highest BCUT2D eigenvalue weighted by Crippen LogP contribution is 2.38. The molecule has 2 aliphatic heterocycles. The third kappa shape index (κ3) is 4.62. The molecule has 2 N–H and O–H groups in total. The van der Waals surface area contributed by atoms with E-state index in [1.165, 1.54) is 11.3 Å². The number of rotatable bonds is 5. The van der Waals surface area contributed by atoms with Crippen LogP contribution in [-0.2, 0) is 35.8 Å². The van der Waals surface area contributed by atoms with E-state index in [4.69, 9.17) is 10.2 Å². The van der Waals surface area contributed by atoms with Crippen molar-refractivity contribution < 1.29 is 13.2 Å².